The number of hydrogen-bond donors (Lipinski definition) is 0. The molecule has 1 atom stereocenters. The van der Waals surface area contributed by atoms with E-state index in [0.717, 1.165) is 32.1 Å². The molecule has 3 aliphatic rings. The van der Waals surface area contributed by atoms with Gasteiger partial charge in [0.1, 0.15) is 0 Å². The average molecular weight is 696 g/mol. The van der Waals surface area contributed by atoms with E-state index >= 15 is 0 Å². The van der Waals surface area contributed by atoms with Gasteiger partial charge in [-0.05, 0) is 116 Å². The van der Waals surface area contributed by atoms with E-state index in [1.165, 1.54) is 83.3 Å². The van der Waals surface area contributed by atoms with Crippen molar-refractivity contribution in [1.29, 1.82) is 0 Å². The maximum Gasteiger partial charge on any atom is 0.0554 e. The molecule has 3 aliphatic carbocycles. The van der Waals surface area contributed by atoms with Crippen molar-refractivity contribution in [3.8, 4) is 11.1 Å². The highest BCUT2D eigenvalue weighted by Crippen LogP contribution is 2.45. The molecule has 0 saturated carbocycles. The second kappa shape index (κ2) is 15.0. The summed E-state index contributed by atoms with van der Waals surface area (Å²) in [7, 11) is 0. The van der Waals surface area contributed by atoms with Crippen molar-refractivity contribution < 1.29 is 0 Å². The summed E-state index contributed by atoms with van der Waals surface area (Å²) >= 11 is 0. The molecule has 0 spiro atoms. The van der Waals surface area contributed by atoms with Crippen molar-refractivity contribution >= 4 is 38.8 Å². The summed E-state index contributed by atoms with van der Waals surface area (Å²) in [6, 6.07) is 53.7. The first-order valence-electron chi connectivity index (χ1n) is 19.5. The molecule has 0 aliphatic heterocycles. The first-order valence-corrected chi connectivity index (χ1v) is 19.5. The van der Waals surface area contributed by atoms with E-state index in [2.05, 4.69) is 200 Å². The quantitative estimate of drug-likeness (QED) is 0.146. The fourth-order valence-corrected chi connectivity index (χ4v) is 8.57. The van der Waals surface area contributed by atoms with Gasteiger partial charge >= 0.3 is 0 Å². The second-order valence-electron chi connectivity index (χ2n) is 14.6. The van der Waals surface area contributed by atoms with Crippen LogP contribution in [0.25, 0.3) is 44.2 Å². The summed E-state index contributed by atoms with van der Waals surface area (Å²) in [6.45, 7) is 2.31. The third-order valence-electron chi connectivity index (χ3n) is 11.4. The number of hydrogen-bond acceptors (Lipinski definition) is 1. The Morgan fingerprint density at radius 2 is 1.41 bits per heavy atom. The highest BCUT2D eigenvalue weighted by Gasteiger charge is 2.27. The van der Waals surface area contributed by atoms with E-state index in [4.69, 9.17) is 0 Å². The first kappa shape index (κ1) is 33.6. The lowest BCUT2D eigenvalue weighted by atomic mass is 9.91. The Kier molecular flexibility index (Phi) is 9.38. The zero-order chi connectivity index (χ0) is 36.3. The number of fused-ring (bicyclic) bond motifs is 3. The van der Waals surface area contributed by atoms with E-state index in [1.807, 2.05) is 0 Å². The number of rotatable bonds is 9. The molecule has 0 N–H and O–H groups in total. The molecule has 1 unspecified atom stereocenters. The number of nitrogens with zero attached hydrogens (tertiary/aromatic N) is 1. The van der Waals surface area contributed by atoms with Gasteiger partial charge in [0.2, 0.25) is 0 Å². The van der Waals surface area contributed by atoms with Crippen molar-refractivity contribution in [1.82, 2.24) is 0 Å². The normalized spacial score (nSPS) is 16.7. The fourth-order valence-electron chi connectivity index (χ4n) is 8.57. The van der Waals surface area contributed by atoms with Gasteiger partial charge in [-0.25, -0.2) is 0 Å². The molecule has 262 valence electrons. The van der Waals surface area contributed by atoms with Gasteiger partial charge in [-0.15, -0.1) is 0 Å². The topological polar surface area (TPSA) is 3.24 Å². The SMILES string of the molecule is CCC1=C(/C(=C\N(c2ccc(-c3ccccc3)cc2)C2C=CC(c3ccc(C4=CC=CCC4)cc3)=CC2)c2ccccc2)Cc2c1ccc1ccccc21. The van der Waals surface area contributed by atoms with Gasteiger partial charge in [0.25, 0.3) is 0 Å². The summed E-state index contributed by atoms with van der Waals surface area (Å²) in [4.78, 5) is 2.52. The Morgan fingerprint density at radius 1 is 0.704 bits per heavy atom. The van der Waals surface area contributed by atoms with E-state index < -0.39 is 0 Å². The molecule has 0 heterocycles. The molecule has 9 rings (SSSR count). The minimum Gasteiger partial charge on any atom is -0.340 e. The van der Waals surface area contributed by atoms with Crippen LogP contribution < -0.4 is 4.90 Å². The second-order valence-corrected chi connectivity index (χ2v) is 14.6. The zero-order valence-electron chi connectivity index (χ0n) is 31.0. The number of benzene rings is 6. The van der Waals surface area contributed by atoms with Crippen LogP contribution in [0.3, 0.4) is 0 Å². The lowest BCUT2D eigenvalue weighted by molar-refractivity contribution is 0.782. The van der Waals surface area contributed by atoms with Crippen molar-refractivity contribution in [2.75, 3.05) is 4.90 Å². The Bertz CT molecular complexity index is 2490. The molecule has 6 aromatic rings. The molecule has 0 fully saturated rings. The molecular weight excluding hydrogens is 651 g/mol. The zero-order valence-corrected chi connectivity index (χ0v) is 31.0. The monoisotopic (exact) mass is 695 g/mol. The Hall–Kier alpha value is -6.18. The highest BCUT2D eigenvalue weighted by atomic mass is 15.1. The molecule has 1 heteroatoms. The summed E-state index contributed by atoms with van der Waals surface area (Å²) in [5.74, 6) is 0. The largest absolute Gasteiger partial charge is 0.340 e. The average Bonchev–Trinajstić information content (AvgIpc) is 3.64. The minimum atomic E-state index is 0.156. The van der Waals surface area contributed by atoms with Crippen LogP contribution in [0.15, 0.2) is 194 Å². The molecule has 0 radical (unpaired) electrons. The summed E-state index contributed by atoms with van der Waals surface area (Å²) in [5.41, 5.74) is 17.2. The summed E-state index contributed by atoms with van der Waals surface area (Å²) in [6.07, 6.45) is 21.4. The Balaban J connectivity index is 1.11. The Labute approximate surface area is 320 Å². The minimum absolute atomic E-state index is 0.156. The first-order chi connectivity index (χ1) is 26.7. The van der Waals surface area contributed by atoms with Gasteiger partial charge in [-0.2, -0.15) is 0 Å². The van der Waals surface area contributed by atoms with Crippen LogP contribution in [0.4, 0.5) is 5.69 Å². The van der Waals surface area contributed by atoms with Crippen LogP contribution in [0.1, 0.15) is 60.4 Å². The predicted molar refractivity (Wildman–Crippen MR) is 232 cm³/mol. The van der Waals surface area contributed by atoms with Crippen molar-refractivity contribution in [3.63, 3.8) is 0 Å². The maximum absolute atomic E-state index is 2.52. The molecule has 0 bridgehead atoms. The van der Waals surface area contributed by atoms with E-state index in [0.29, 0.717) is 0 Å². The van der Waals surface area contributed by atoms with Gasteiger partial charge in [0, 0.05) is 17.5 Å². The molecule has 54 heavy (non-hydrogen) atoms. The van der Waals surface area contributed by atoms with Crippen molar-refractivity contribution in [2.45, 2.75) is 45.1 Å². The summed E-state index contributed by atoms with van der Waals surface area (Å²) < 4.78 is 0. The van der Waals surface area contributed by atoms with E-state index in [1.54, 1.807) is 0 Å². The molecule has 0 saturated heterocycles. The van der Waals surface area contributed by atoms with Gasteiger partial charge in [-0.3, -0.25) is 0 Å². The van der Waals surface area contributed by atoms with E-state index in [9.17, 15) is 0 Å². The van der Waals surface area contributed by atoms with Crippen LogP contribution in [0, 0.1) is 0 Å². The smallest absolute Gasteiger partial charge is 0.0554 e. The fraction of sp³-hybridized carbons (Fsp3) is 0.132. The van der Waals surface area contributed by atoms with Crippen LogP contribution in [-0.4, -0.2) is 6.04 Å². The lowest BCUT2D eigenvalue weighted by Gasteiger charge is -2.32. The van der Waals surface area contributed by atoms with Gasteiger partial charge in [0.05, 0.1) is 6.04 Å². The molecular formula is C53H45N. The highest BCUT2D eigenvalue weighted by molar-refractivity contribution is 6.00. The third-order valence-corrected chi connectivity index (χ3v) is 11.4. The van der Waals surface area contributed by atoms with Crippen LogP contribution >= 0.6 is 0 Å². The number of anilines is 1. The molecule has 0 aromatic heterocycles. The van der Waals surface area contributed by atoms with Crippen molar-refractivity contribution in [2.24, 2.45) is 0 Å². The summed E-state index contributed by atoms with van der Waals surface area (Å²) in [5, 5.41) is 2.68. The molecule has 0 amide bonds. The van der Waals surface area contributed by atoms with Crippen molar-refractivity contribution in [3.05, 3.63) is 222 Å². The van der Waals surface area contributed by atoms with Gasteiger partial charge < -0.3 is 4.90 Å². The van der Waals surface area contributed by atoms with E-state index in [-0.39, 0.29) is 6.04 Å². The third kappa shape index (κ3) is 6.63. The Morgan fingerprint density at radius 3 is 2.13 bits per heavy atom. The van der Waals surface area contributed by atoms with Crippen LogP contribution in [-0.2, 0) is 6.42 Å². The predicted octanol–water partition coefficient (Wildman–Crippen LogP) is 13.9. The molecule has 6 aromatic carbocycles. The van der Waals surface area contributed by atoms with Gasteiger partial charge in [-0.1, -0.05) is 177 Å². The van der Waals surface area contributed by atoms with Crippen LogP contribution in [0.2, 0.25) is 0 Å². The maximum atomic E-state index is 2.52. The standard InChI is InChI=1S/C53H45N/c1-2-48-50-35-30-45-20-12-13-21-49(45)52(50)36-51(48)53(44-18-10-5-11-19-44)37-54(46-31-26-42(27-32-46)39-16-8-4-9-17-39)47-33-28-43(29-34-47)41-24-22-40(23-25-41)38-14-6-3-7-15-38/h3-6,8-14,16-33,35,37,47H,2,7,15,34,36H2,1H3/b53-37-. The number of allylic oxidation sites excluding steroid dienone is 9. The van der Waals surface area contributed by atoms with Crippen LogP contribution in [0.5, 0.6) is 0 Å². The lowest BCUT2D eigenvalue weighted by Crippen LogP contribution is -2.30. The van der Waals surface area contributed by atoms with Gasteiger partial charge in [0.15, 0.2) is 0 Å². The molecule has 1 nitrogen and oxygen atoms in total.